The quantitative estimate of drug-likeness (QED) is 0.916. The Labute approximate surface area is 121 Å². The number of anilines is 2. The molecular formula is C16H14F2N2O. The van der Waals surface area contributed by atoms with Crippen LogP contribution in [0.4, 0.5) is 20.2 Å². The summed E-state index contributed by atoms with van der Waals surface area (Å²) in [5.74, 6) is -1.53. The molecule has 0 unspecified atom stereocenters. The van der Waals surface area contributed by atoms with Crippen molar-refractivity contribution in [1.29, 1.82) is 5.26 Å². The van der Waals surface area contributed by atoms with Gasteiger partial charge in [-0.3, -0.25) is 0 Å². The maximum absolute atomic E-state index is 14.2. The van der Waals surface area contributed by atoms with Gasteiger partial charge in [0.05, 0.1) is 19.1 Å². The number of nitrogens with zero attached hydrogens (tertiary/aromatic N) is 2. The second-order valence-electron chi connectivity index (χ2n) is 4.46. The zero-order chi connectivity index (χ0) is 15.2. The van der Waals surface area contributed by atoms with Gasteiger partial charge in [0.1, 0.15) is 17.3 Å². The van der Waals surface area contributed by atoms with Crippen LogP contribution in [0.3, 0.4) is 0 Å². The third-order valence-corrected chi connectivity index (χ3v) is 3.04. The van der Waals surface area contributed by atoms with E-state index in [1.54, 1.807) is 30.3 Å². The second-order valence-corrected chi connectivity index (χ2v) is 4.46. The first-order valence-electron chi connectivity index (χ1n) is 6.45. The van der Waals surface area contributed by atoms with Crippen molar-refractivity contribution in [3.8, 4) is 6.07 Å². The minimum atomic E-state index is -0.763. The summed E-state index contributed by atoms with van der Waals surface area (Å²) >= 11 is 0. The fraction of sp³-hybridized carbons (Fsp3) is 0.188. The number of hydrogen-bond acceptors (Lipinski definition) is 3. The molecule has 2 aromatic carbocycles. The molecule has 1 N–H and O–H groups in total. The summed E-state index contributed by atoms with van der Waals surface area (Å²) in [6.07, 6.45) is 0.134. The molecule has 3 nitrogen and oxygen atoms in total. The third kappa shape index (κ3) is 3.36. The van der Waals surface area contributed by atoms with E-state index in [9.17, 15) is 8.78 Å². The highest BCUT2D eigenvalue weighted by atomic mass is 19.1. The molecule has 0 aromatic heterocycles. The Morgan fingerprint density at radius 2 is 1.71 bits per heavy atom. The second kappa shape index (κ2) is 6.82. The molecule has 0 heterocycles. The van der Waals surface area contributed by atoms with Gasteiger partial charge in [0.2, 0.25) is 0 Å². The van der Waals surface area contributed by atoms with E-state index in [-0.39, 0.29) is 24.2 Å². The molecule has 108 valence electrons. The monoisotopic (exact) mass is 288 g/mol. The summed E-state index contributed by atoms with van der Waals surface area (Å²) in [5, 5.41) is 17.7. The lowest BCUT2D eigenvalue weighted by atomic mass is 10.1. The van der Waals surface area contributed by atoms with Crippen LogP contribution in [0.25, 0.3) is 0 Å². The Balaban J connectivity index is 2.49. The lowest BCUT2D eigenvalue weighted by Crippen LogP contribution is -2.21. The molecule has 5 heteroatoms. The highest BCUT2D eigenvalue weighted by molar-refractivity contribution is 5.64. The molecule has 21 heavy (non-hydrogen) atoms. The molecule has 0 spiro atoms. The van der Waals surface area contributed by atoms with Crippen LogP contribution in [0.2, 0.25) is 0 Å². The van der Waals surface area contributed by atoms with Gasteiger partial charge in [-0.1, -0.05) is 18.2 Å². The van der Waals surface area contributed by atoms with Gasteiger partial charge in [-0.25, -0.2) is 8.78 Å². The first kappa shape index (κ1) is 14.9. The molecule has 0 aliphatic carbocycles. The minimum Gasteiger partial charge on any atom is -0.392 e. The van der Waals surface area contributed by atoms with E-state index >= 15 is 0 Å². The lowest BCUT2D eigenvalue weighted by Gasteiger charge is -2.25. The smallest absolute Gasteiger partial charge is 0.150 e. The van der Waals surface area contributed by atoms with E-state index in [1.807, 2.05) is 6.07 Å². The van der Waals surface area contributed by atoms with Crippen LogP contribution < -0.4 is 4.90 Å². The standard InChI is InChI=1S/C16H14F2N2O/c17-14-9-12(11-21)10-15(18)16(14)20(8-4-7-19)13-5-2-1-3-6-13/h1-3,5-6,9-10,21H,4,8,11H2. The van der Waals surface area contributed by atoms with Crippen molar-refractivity contribution in [3.63, 3.8) is 0 Å². The van der Waals surface area contributed by atoms with Crippen LogP contribution in [0.1, 0.15) is 12.0 Å². The Morgan fingerprint density at radius 3 is 2.24 bits per heavy atom. The number of rotatable bonds is 5. The Kier molecular flexibility index (Phi) is 4.85. The summed E-state index contributed by atoms with van der Waals surface area (Å²) < 4.78 is 28.4. The maximum Gasteiger partial charge on any atom is 0.150 e. The molecule has 0 amide bonds. The van der Waals surface area contributed by atoms with Gasteiger partial charge < -0.3 is 10.0 Å². The van der Waals surface area contributed by atoms with E-state index in [4.69, 9.17) is 10.4 Å². The van der Waals surface area contributed by atoms with Gasteiger partial charge in [0.15, 0.2) is 0 Å². The van der Waals surface area contributed by atoms with E-state index in [1.165, 1.54) is 4.90 Å². The van der Waals surface area contributed by atoms with Crippen molar-refractivity contribution in [3.05, 3.63) is 59.7 Å². The first-order chi connectivity index (χ1) is 10.2. The molecule has 2 rings (SSSR count). The van der Waals surface area contributed by atoms with E-state index in [0.29, 0.717) is 5.69 Å². The highest BCUT2D eigenvalue weighted by Crippen LogP contribution is 2.31. The Hall–Kier alpha value is -2.45. The summed E-state index contributed by atoms with van der Waals surface area (Å²) in [6.45, 7) is -0.259. The molecule has 0 bridgehead atoms. The van der Waals surface area contributed by atoms with Crippen molar-refractivity contribution in [2.45, 2.75) is 13.0 Å². The van der Waals surface area contributed by atoms with Crippen LogP contribution in [0, 0.1) is 23.0 Å². The van der Waals surface area contributed by atoms with Crippen LogP contribution in [0.15, 0.2) is 42.5 Å². The van der Waals surface area contributed by atoms with Crippen molar-refractivity contribution in [1.82, 2.24) is 0 Å². The van der Waals surface area contributed by atoms with Crippen molar-refractivity contribution in [2.24, 2.45) is 0 Å². The van der Waals surface area contributed by atoms with Crippen LogP contribution >= 0.6 is 0 Å². The predicted molar refractivity (Wildman–Crippen MR) is 76.0 cm³/mol. The zero-order valence-electron chi connectivity index (χ0n) is 11.3. The molecule has 0 fully saturated rings. The van der Waals surface area contributed by atoms with E-state index < -0.39 is 18.2 Å². The Bertz CT molecular complexity index is 630. The normalized spacial score (nSPS) is 10.2. The SMILES string of the molecule is N#CCCN(c1ccccc1)c1c(F)cc(CO)cc1F. The van der Waals surface area contributed by atoms with Crippen molar-refractivity contribution in [2.75, 3.05) is 11.4 Å². The number of aliphatic hydroxyl groups excluding tert-OH is 1. The number of halogens is 2. The van der Waals surface area contributed by atoms with Crippen molar-refractivity contribution < 1.29 is 13.9 Å². The summed E-state index contributed by atoms with van der Waals surface area (Å²) in [5.41, 5.74) is 0.554. The topological polar surface area (TPSA) is 47.3 Å². The molecule has 2 aromatic rings. The van der Waals surface area contributed by atoms with Gasteiger partial charge in [0, 0.05) is 12.2 Å². The minimum absolute atomic E-state index is 0.134. The average Bonchev–Trinajstić information content (AvgIpc) is 2.50. The zero-order valence-corrected chi connectivity index (χ0v) is 11.3. The number of nitriles is 1. The lowest BCUT2D eigenvalue weighted by molar-refractivity contribution is 0.280. The Morgan fingerprint density at radius 1 is 1.10 bits per heavy atom. The van der Waals surface area contributed by atoms with Crippen LogP contribution in [-0.2, 0) is 6.61 Å². The number of benzene rings is 2. The molecule has 0 aliphatic heterocycles. The van der Waals surface area contributed by atoms with E-state index in [2.05, 4.69) is 0 Å². The maximum atomic E-state index is 14.2. The summed E-state index contributed by atoms with van der Waals surface area (Å²) in [6, 6.07) is 12.9. The molecule has 0 atom stereocenters. The van der Waals surface area contributed by atoms with Gasteiger partial charge in [-0.15, -0.1) is 0 Å². The van der Waals surface area contributed by atoms with Gasteiger partial charge in [-0.05, 0) is 29.8 Å². The van der Waals surface area contributed by atoms with Gasteiger partial charge in [-0.2, -0.15) is 5.26 Å². The summed E-state index contributed by atoms with van der Waals surface area (Å²) in [4.78, 5) is 1.43. The molecular weight excluding hydrogens is 274 g/mol. The van der Waals surface area contributed by atoms with Gasteiger partial charge in [0.25, 0.3) is 0 Å². The molecule has 0 saturated heterocycles. The molecule has 0 saturated carbocycles. The largest absolute Gasteiger partial charge is 0.392 e. The predicted octanol–water partition coefficient (Wildman–Crippen LogP) is 3.51. The number of hydrogen-bond donors (Lipinski definition) is 1. The van der Waals surface area contributed by atoms with Gasteiger partial charge >= 0.3 is 0 Å². The molecule has 0 radical (unpaired) electrons. The van der Waals surface area contributed by atoms with Crippen molar-refractivity contribution >= 4 is 11.4 Å². The molecule has 0 aliphatic rings. The fourth-order valence-electron chi connectivity index (χ4n) is 2.11. The third-order valence-electron chi connectivity index (χ3n) is 3.04. The van der Waals surface area contributed by atoms with E-state index in [0.717, 1.165) is 12.1 Å². The average molecular weight is 288 g/mol. The summed E-state index contributed by atoms with van der Waals surface area (Å²) in [7, 11) is 0. The van der Waals surface area contributed by atoms with Crippen LogP contribution in [-0.4, -0.2) is 11.7 Å². The highest BCUT2D eigenvalue weighted by Gasteiger charge is 2.19. The number of para-hydroxylation sites is 1. The van der Waals surface area contributed by atoms with Crippen LogP contribution in [0.5, 0.6) is 0 Å². The fourth-order valence-corrected chi connectivity index (χ4v) is 2.11. The first-order valence-corrected chi connectivity index (χ1v) is 6.45. The number of aliphatic hydroxyl groups is 1.